The lowest BCUT2D eigenvalue weighted by molar-refractivity contribution is -0.149. The molecule has 1 aliphatic carbocycles. The number of allylic oxidation sites excluding steroid dienone is 1. The van der Waals surface area contributed by atoms with Crippen LogP contribution >= 0.6 is 0 Å². The van der Waals surface area contributed by atoms with E-state index < -0.39 is 0 Å². The lowest BCUT2D eigenvalue weighted by Crippen LogP contribution is -2.27. The number of halogens is 1. The normalized spacial score (nSPS) is 22.4. The molecule has 1 aromatic rings. The van der Waals surface area contributed by atoms with E-state index in [-0.39, 0.29) is 17.8 Å². The number of nitrogens with zero attached hydrogens (tertiary/aromatic N) is 1. The molecule has 0 bridgehead atoms. The van der Waals surface area contributed by atoms with Gasteiger partial charge in [0.25, 0.3) is 0 Å². The summed E-state index contributed by atoms with van der Waals surface area (Å²) in [6.07, 6.45) is 5.59. The van der Waals surface area contributed by atoms with Gasteiger partial charge in [0, 0.05) is 5.92 Å². The number of carbonyl (C=O) groups is 1. The molecule has 0 heterocycles. The van der Waals surface area contributed by atoms with E-state index in [1.807, 2.05) is 19.9 Å². The minimum absolute atomic E-state index is 0.0492. The Morgan fingerprint density at radius 2 is 2.00 bits per heavy atom. The van der Waals surface area contributed by atoms with Gasteiger partial charge in [-0.05, 0) is 75.3 Å². The van der Waals surface area contributed by atoms with Gasteiger partial charge in [-0.15, -0.1) is 0 Å². The highest BCUT2D eigenvalue weighted by atomic mass is 19.1. The average Bonchev–Trinajstić information content (AvgIpc) is 2.70. The van der Waals surface area contributed by atoms with Crippen molar-refractivity contribution in [2.45, 2.75) is 65.7 Å². The second-order valence-corrected chi connectivity index (χ2v) is 8.09. The lowest BCUT2D eigenvalue weighted by atomic mass is 9.72. The highest BCUT2D eigenvalue weighted by Gasteiger charge is 2.32. The van der Waals surface area contributed by atoms with Gasteiger partial charge >= 0.3 is 5.97 Å². The second kappa shape index (κ2) is 10.5. The number of rotatable bonds is 8. The van der Waals surface area contributed by atoms with Crippen LogP contribution < -0.4 is 0 Å². The molecule has 0 aromatic heterocycles. The van der Waals surface area contributed by atoms with Crippen molar-refractivity contribution in [2.75, 3.05) is 6.61 Å². The largest absolute Gasteiger partial charge is 0.466 e. The first-order chi connectivity index (χ1) is 13.4. The summed E-state index contributed by atoms with van der Waals surface area (Å²) in [6, 6.07) is 6.19. The van der Waals surface area contributed by atoms with Gasteiger partial charge in [0.15, 0.2) is 0 Å². The van der Waals surface area contributed by atoms with Crippen LogP contribution in [0.25, 0.3) is 0 Å². The molecule has 1 aliphatic rings. The zero-order valence-corrected chi connectivity index (χ0v) is 17.7. The van der Waals surface area contributed by atoms with E-state index in [9.17, 15) is 9.18 Å². The number of esters is 1. The van der Waals surface area contributed by atoms with Crippen LogP contribution in [0.2, 0.25) is 0 Å². The van der Waals surface area contributed by atoms with E-state index in [2.05, 4.69) is 37.7 Å². The summed E-state index contributed by atoms with van der Waals surface area (Å²) in [5, 5.41) is 0. The van der Waals surface area contributed by atoms with Crippen molar-refractivity contribution in [3.8, 4) is 0 Å². The molecule has 0 aliphatic heterocycles. The van der Waals surface area contributed by atoms with E-state index in [4.69, 9.17) is 4.74 Å². The molecule has 2 atom stereocenters. The summed E-state index contributed by atoms with van der Waals surface area (Å²) >= 11 is 0. The van der Waals surface area contributed by atoms with Crippen LogP contribution in [0.5, 0.6) is 0 Å². The zero-order chi connectivity index (χ0) is 20.7. The van der Waals surface area contributed by atoms with E-state index in [1.54, 1.807) is 0 Å². The van der Waals surface area contributed by atoms with Gasteiger partial charge in [0.2, 0.25) is 0 Å². The fourth-order valence-electron chi connectivity index (χ4n) is 4.50. The molecule has 1 saturated carbocycles. The molecule has 1 aromatic carbocycles. The summed E-state index contributed by atoms with van der Waals surface area (Å²) in [7, 11) is 0. The molecule has 154 valence electrons. The summed E-state index contributed by atoms with van der Waals surface area (Å²) in [5.74, 6) is 0.659. The quantitative estimate of drug-likeness (QED) is 0.388. The first-order valence-electron chi connectivity index (χ1n) is 10.4. The molecular formula is C24H34FNO2. The van der Waals surface area contributed by atoms with Crippen LogP contribution in [0.3, 0.4) is 0 Å². The Labute approximate surface area is 169 Å². The summed E-state index contributed by atoms with van der Waals surface area (Å²) in [5.41, 5.74) is 3.95. The van der Waals surface area contributed by atoms with E-state index in [1.165, 1.54) is 11.1 Å². The Morgan fingerprint density at radius 1 is 1.32 bits per heavy atom. The van der Waals surface area contributed by atoms with Crippen LogP contribution in [0.1, 0.15) is 68.6 Å². The Kier molecular flexibility index (Phi) is 8.40. The molecule has 1 fully saturated rings. The van der Waals surface area contributed by atoms with Crippen molar-refractivity contribution in [1.29, 1.82) is 0 Å². The molecular weight excluding hydrogens is 353 g/mol. The average molecular weight is 388 g/mol. The first kappa shape index (κ1) is 22.3. The van der Waals surface area contributed by atoms with Crippen LogP contribution in [0, 0.1) is 31.6 Å². The summed E-state index contributed by atoms with van der Waals surface area (Å²) in [4.78, 5) is 16.0. The van der Waals surface area contributed by atoms with Gasteiger partial charge in [-0.3, -0.25) is 9.79 Å². The van der Waals surface area contributed by atoms with Crippen molar-refractivity contribution in [3.05, 3.63) is 46.9 Å². The Morgan fingerprint density at radius 3 is 2.57 bits per heavy atom. The number of hydrogen-bond donors (Lipinski definition) is 0. The predicted molar refractivity (Wildman–Crippen MR) is 113 cm³/mol. The summed E-state index contributed by atoms with van der Waals surface area (Å²) in [6.45, 7) is 12.0. The van der Waals surface area contributed by atoms with E-state index in [0.29, 0.717) is 30.5 Å². The van der Waals surface area contributed by atoms with Crippen molar-refractivity contribution in [1.82, 2.24) is 0 Å². The highest BCUT2D eigenvalue weighted by Crippen LogP contribution is 2.41. The minimum Gasteiger partial charge on any atom is -0.466 e. The van der Waals surface area contributed by atoms with Gasteiger partial charge < -0.3 is 4.74 Å². The molecule has 0 N–H and O–H groups in total. The van der Waals surface area contributed by atoms with Crippen molar-refractivity contribution < 1.29 is 13.9 Å². The number of ether oxygens (including phenoxy) is 1. The van der Waals surface area contributed by atoms with Gasteiger partial charge in [0.05, 0.1) is 18.2 Å². The van der Waals surface area contributed by atoms with Gasteiger partial charge in [-0.1, -0.05) is 38.0 Å². The maximum atomic E-state index is 13.6. The van der Waals surface area contributed by atoms with E-state index in [0.717, 1.165) is 37.7 Å². The number of aliphatic imine (C=N–C) groups is 1. The molecule has 28 heavy (non-hydrogen) atoms. The van der Waals surface area contributed by atoms with Crippen LogP contribution in [0.15, 0.2) is 35.2 Å². The number of benzene rings is 1. The van der Waals surface area contributed by atoms with Gasteiger partial charge in [0.1, 0.15) is 6.33 Å². The maximum Gasteiger partial charge on any atom is 0.308 e. The van der Waals surface area contributed by atoms with Crippen LogP contribution in [-0.2, 0) is 9.53 Å². The first-order valence-corrected chi connectivity index (χ1v) is 10.4. The third-order valence-electron chi connectivity index (χ3n) is 6.50. The van der Waals surface area contributed by atoms with Gasteiger partial charge in [-0.2, -0.15) is 0 Å². The molecule has 0 saturated heterocycles. The van der Waals surface area contributed by atoms with Crippen LogP contribution in [0.4, 0.5) is 4.39 Å². The van der Waals surface area contributed by atoms with Gasteiger partial charge in [-0.25, -0.2) is 4.39 Å². The number of carbonyl (C=O) groups excluding carboxylic acids is 1. The SMILES string of the molecule is C=N/C(=C\F)C(CC1CCC(C(C)C(=O)OCC)CC1)c1cccc(C)c1C. The topological polar surface area (TPSA) is 38.7 Å². The Bertz CT molecular complexity index is 705. The zero-order valence-electron chi connectivity index (χ0n) is 17.7. The standard InChI is InChI=1S/C24H34FNO2/c1-6-28-24(27)18(4)20-12-10-19(11-13-20)14-22(23(15-25)26-5)21-9-7-8-16(2)17(21)3/h7-9,15,18-20,22H,5-6,10-14H2,1-4H3/b23-15-. The molecule has 4 heteroatoms. The third-order valence-corrected chi connectivity index (χ3v) is 6.50. The van der Waals surface area contributed by atoms with E-state index >= 15 is 0 Å². The van der Waals surface area contributed by atoms with Crippen molar-refractivity contribution >= 4 is 12.7 Å². The molecule has 0 spiro atoms. The maximum absolute atomic E-state index is 13.6. The molecule has 3 nitrogen and oxygen atoms in total. The Balaban J connectivity index is 2.09. The summed E-state index contributed by atoms with van der Waals surface area (Å²) < 4.78 is 18.7. The second-order valence-electron chi connectivity index (χ2n) is 8.09. The smallest absolute Gasteiger partial charge is 0.308 e. The lowest BCUT2D eigenvalue weighted by Gasteiger charge is -2.33. The molecule has 2 rings (SSSR count). The fourth-order valence-corrected chi connectivity index (χ4v) is 4.50. The Hall–Kier alpha value is -1.97. The molecule has 0 amide bonds. The molecule has 0 radical (unpaired) electrons. The number of hydrogen-bond acceptors (Lipinski definition) is 3. The van der Waals surface area contributed by atoms with Crippen molar-refractivity contribution in [3.63, 3.8) is 0 Å². The monoisotopic (exact) mass is 387 g/mol. The fraction of sp³-hybridized carbons (Fsp3) is 0.583. The highest BCUT2D eigenvalue weighted by molar-refractivity contribution is 5.72. The predicted octanol–water partition coefficient (Wildman–Crippen LogP) is 6.29. The third kappa shape index (κ3) is 5.30. The molecule has 2 unspecified atom stereocenters. The minimum atomic E-state index is -0.0854. The number of aryl methyl sites for hydroxylation is 1. The van der Waals surface area contributed by atoms with Crippen LogP contribution in [-0.4, -0.2) is 19.3 Å². The van der Waals surface area contributed by atoms with Crippen molar-refractivity contribution in [2.24, 2.45) is 22.7 Å².